The number of methoxy groups -OCH3 is 1. The van der Waals surface area contributed by atoms with Crippen molar-refractivity contribution in [3.8, 4) is 5.75 Å². The second-order valence-electron chi connectivity index (χ2n) is 7.19. The average molecular weight is 420 g/mol. The van der Waals surface area contributed by atoms with Crippen LogP contribution in [0, 0.1) is 5.92 Å². The molecule has 0 spiro atoms. The quantitative estimate of drug-likeness (QED) is 0.710. The molecule has 156 valence electrons. The third-order valence-electron chi connectivity index (χ3n) is 5.11. The van der Waals surface area contributed by atoms with Crippen molar-refractivity contribution < 1.29 is 14.3 Å². The average Bonchev–Trinajstić information content (AvgIpc) is 3.24. The van der Waals surface area contributed by atoms with Gasteiger partial charge in [-0.15, -0.1) is 0 Å². The number of ether oxygens (including phenoxy) is 1. The molecule has 1 saturated heterocycles. The molecule has 1 aliphatic heterocycles. The monoisotopic (exact) mass is 419 g/mol. The molecule has 8 nitrogen and oxygen atoms in total. The zero-order valence-electron chi connectivity index (χ0n) is 16.5. The first-order chi connectivity index (χ1) is 14.0. The molecule has 0 bridgehead atoms. The van der Waals surface area contributed by atoms with Gasteiger partial charge in [-0.25, -0.2) is 4.98 Å². The Morgan fingerprint density at radius 2 is 2.21 bits per heavy atom. The van der Waals surface area contributed by atoms with Gasteiger partial charge in [0.2, 0.25) is 11.8 Å². The maximum Gasteiger partial charge on any atom is 0.224 e. The second kappa shape index (κ2) is 10.2. The summed E-state index contributed by atoms with van der Waals surface area (Å²) < 4.78 is 6.78. The summed E-state index contributed by atoms with van der Waals surface area (Å²) in [5.74, 6) is 0.980. The summed E-state index contributed by atoms with van der Waals surface area (Å²) in [5, 5.41) is 7.35. The number of carbonyl (C=O) groups is 2. The number of carbonyl (C=O) groups excluding carboxylic acids is 2. The zero-order valence-corrected chi connectivity index (χ0v) is 17.3. The van der Waals surface area contributed by atoms with Crippen molar-refractivity contribution in [3.63, 3.8) is 0 Å². The maximum atomic E-state index is 12.5. The van der Waals surface area contributed by atoms with Gasteiger partial charge < -0.3 is 15.0 Å². The molecule has 0 radical (unpaired) electrons. The van der Waals surface area contributed by atoms with Crippen molar-refractivity contribution in [2.75, 3.05) is 25.5 Å². The summed E-state index contributed by atoms with van der Waals surface area (Å²) in [7, 11) is 1.55. The predicted molar refractivity (Wildman–Crippen MR) is 110 cm³/mol. The Hall–Kier alpha value is -2.61. The largest absolute Gasteiger partial charge is 0.495 e. The van der Waals surface area contributed by atoms with Gasteiger partial charge in [0, 0.05) is 31.6 Å². The molecule has 2 heterocycles. The molecule has 1 N–H and O–H groups in total. The van der Waals surface area contributed by atoms with E-state index in [0.717, 1.165) is 25.8 Å². The fraction of sp³-hybridized carbons (Fsp3) is 0.500. The van der Waals surface area contributed by atoms with Crippen LogP contribution >= 0.6 is 11.6 Å². The number of likely N-dealkylation sites (tertiary alicyclic amines) is 1. The van der Waals surface area contributed by atoms with E-state index in [4.69, 9.17) is 16.3 Å². The molecule has 2 aromatic rings. The Morgan fingerprint density at radius 3 is 2.93 bits per heavy atom. The first kappa shape index (κ1) is 21.1. The van der Waals surface area contributed by atoms with E-state index >= 15 is 0 Å². The van der Waals surface area contributed by atoms with Crippen LogP contribution in [0.5, 0.6) is 5.75 Å². The molecule has 29 heavy (non-hydrogen) atoms. The number of aryl methyl sites for hydroxylation is 1. The number of rotatable bonds is 8. The lowest BCUT2D eigenvalue weighted by molar-refractivity contribution is -0.133. The molecule has 1 aliphatic rings. The predicted octanol–water partition coefficient (Wildman–Crippen LogP) is 2.99. The van der Waals surface area contributed by atoms with Crippen LogP contribution in [-0.2, 0) is 16.1 Å². The highest BCUT2D eigenvalue weighted by Gasteiger charge is 2.24. The Balaban J connectivity index is 1.42. The standard InChI is InChI=1S/C20H26ClN5O3/c1-29-18-6-5-16(11-17(18)21)24-19(27)7-4-15-3-2-9-25(12-15)20(28)8-10-26-14-22-13-23-26/h5-6,11,13-15H,2-4,7-10,12H2,1H3,(H,24,27)/t15-/m0/s1. The van der Waals surface area contributed by atoms with Crippen LogP contribution in [0.1, 0.15) is 32.1 Å². The molecule has 1 aromatic carbocycles. The van der Waals surface area contributed by atoms with E-state index < -0.39 is 0 Å². The third-order valence-corrected chi connectivity index (χ3v) is 5.40. The van der Waals surface area contributed by atoms with Gasteiger partial charge in [0.15, 0.2) is 0 Å². The fourth-order valence-corrected chi connectivity index (χ4v) is 3.80. The Kier molecular flexibility index (Phi) is 7.46. The van der Waals surface area contributed by atoms with Crippen molar-refractivity contribution in [1.29, 1.82) is 0 Å². The highest BCUT2D eigenvalue weighted by atomic mass is 35.5. The highest BCUT2D eigenvalue weighted by molar-refractivity contribution is 6.32. The van der Waals surface area contributed by atoms with Crippen LogP contribution in [0.4, 0.5) is 5.69 Å². The van der Waals surface area contributed by atoms with Crippen molar-refractivity contribution >= 4 is 29.1 Å². The molecule has 0 saturated carbocycles. The molecule has 1 aromatic heterocycles. The lowest BCUT2D eigenvalue weighted by Crippen LogP contribution is -2.40. The molecular weight excluding hydrogens is 394 g/mol. The third kappa shape index (κ3) is 6.19. The zero-order chi connectivity index (χ0) is 20.6. The number of hydrogen-bond donors (Lipinski definition) is 1. The SMILES string of the molecule is COc1ccc(NC(=O)CC[C@@H]2CCCN(C(=O)CCn3cncn3)C2)cc1Cl. The lowest BCUT2D eigenvalue weighted by atomic mass is 9.93. The van der Waals surface area contributed by atoms with Gasteiger partial charge in [-0.3, -0.25) is 14.3 Å². The van der Waals surface area contributed by atoms with E-state index in [9.17, 15) is 9.59 Å². The number of nitrogens with zero attached hydrogens (tertiary/aromatic N) is 4. The minimum absolute atomic E-state index is 0.0548. The second-order valence-corrected chi connectivity index (χ2v) is 7.60. The van der Waals surface area contributed by atoms with E-state index in [1.165, 1.54) is 6.33 Å². The number of hydrogen-bond acceptors (Lipinski definition) is 5. The van der Waals surface area contributed by atoms with Crippen molar-refractivity contribution in [2.45, 2.75) is 38.6 Å². The Bertz CT molecular complexity index is 828. The van der Waals surface area contributed by atoms with Gasteiger partial charge in [0.1, 0.15) is 18.4 Å². The molecular formula is C20H26ClN5O3. The normalized spacial score (nSPS) is 16.5. The van der Waals surface area contributed by atoms with Gasteiger partial charge in [-0.2, -0.15) is 5.10 Å². The highest BCUT2D eigenvalue weighted by Crippen LogP contribution is 2.27. The molecule has 3 rings (SSSR count). The van der Waals surface area contributed by atoms with Gasteiger partial charge >= 0.3 is 0 Å². The van der Waals surface area contributed by atoms with Gasteiger partial charge in [-0.05, 0) is 43.4 Å². The summed E-state index contributed by atoms with van der Waals surface area (Å²) in [6, 6.07) is 5.16. The van der Waals surface area contributed by atoms with Crippen LogP contribution in [0.15, 0.2) is 30.9 Å². The number of benzene rings is 1. The fourth-order valence-electron chi connectivity index (χ4n) is 3.55. The Morgan fingerprint density at radius 1 is 1.34 bits per heavy atom. The van der Waals surface area contributed by atoms with E-state index in [2.05, 4.69) is 15.4 Å². The summed E-state index contributed by atoms with van der Waals surface area (Å²) in [6.07, 6.45) is 6.66. The summed E-state index contributed by atoms with van der Waals surface area (Å²) in [4.78, 5) is 30.5. The number of nitrogens with one attached hydrogen (secondary N) is 1. The lowest BCUT2D eigenvalue weighted by Gasteiger charge is -2.33. The molecule has 1 fully saturated rings. The van der Waals surface area contributed by atoms with Crippen molar-refractivity contribution in [3.05, 3.63) is 35.9 Å². The topological polar surface area (TPSA) is 89.4 Å². The first-order valence-electron chi connectivity index (χ1n) is 9.78. The van der Waals surface area contributed by atoms with E-state index in [0.29, 0.717) is 48.3 Å². The minimum Gasteiger partial charge on any atom is -0.495 e. The number of piperidine rings is 1. The summed E-state index contributed by atoms with van der Waals surface area (Å²) >= 11 is 6.09. The minimum atomic E-state index is -0.0548. The summed E-state index contributed by atoms with van der Waals surface area (Å²) in [6.45, 7) is 2.02. The maximum absolute atomic E-state index is 12.5. The van der Waals surface area contributed by atoms with Crippen molar-refractivity contribution in [1.82, 2.24) is 19.7 Å². The van der Waals surface area contributed by atoms with Crippen LogP contribution in [-0.4, -0.2) is 51.7 Å². The van der Waals surface area contributed by atoms with E-state index in [1.807, 2.05) is 4.90 Å². The number of aromatic nitrogens is 3. The number of amides is 2. The summed E-state index contributed by atoms with van der Waals surface area (Å²) in [5.41, 5.74) is 0.648. The van der Waals surface area contributed by atoms with Crippen LogP contribution in [0.2, 0.25) is 5.02 Å². The molecule has 2 amide bonds. The van der Waals surface area contributed by atoms with Gasteiger partial charge in [-0.1, -0.05) is 11.6 Å². The number of anilines is 1. The molecule has 0 aliphatic carbocycles. The van der Waals surface area contributed by atoms with E-state index in [-0.39, 0.29) is 11.8 Å². The van der Waals surface area contributed by atoms with Crippen LogP contribution in [0.25, 0.3) is 0 Å². The van der Waals surface area contributed by atoms with Gasteiger partial charge in [0.05, 0.1) is 18.7 Å². The Labute approximate surface area is 175 Å². The molecule has 0 unspecified atom stereocenters. The van der Waals surface area contributed by atoms with Crippen LogP contribution in [0.3, 0.4) is 0 Å². The van der Waals surface area contributed by atoms with Crippen molar-refractivity contribution in [2.24, 2.45) is 5.92 Å². The first-order valence-corrected chi connectivity index (χ1v) is 10.2. The molecule has 1 atom stereocenters. The van der Waals surface area contributed by atoms with Crippen LogP contribution < -0.4 is 10.1 Å². The van der Waals surface area contributed by atoms with E-state index in [1.54, 1.807) is 36.3 Å². The smallest absolute Gasteiger partial charge is 0.224 e. The molecule has 9 heteroatoms. The number of halogens is 1. The van der Waals surface area contributed by atoms with Gasteiger partial charge in [0.25, 0.3) is 0 Å².